The average molecular weight is 283 g/mol. The van der Waals surface area contributed by atoms with Gasteiger partial charge in [0.25, 0.3) is 0 Å². The van der Waals surface area contributed by atoms with Crippen LogP contribution in [0.15, 0.2) is 60.7 Å². The van der Waals surface area contributed by atoms with Crippen molar-refractivity contribution in [1.82, 2.24) is 0 Å². The number of benzene rings is 1. The van der Waals surface area contributed by atoms with Gasteiger partial charge in [-0.1, -0.05) is 55.9 Å². The van der Waals surface area contributed by atoms with Gasteiger partial charge in [-0.05, 0) is 49.0 Å². The van der Waals surface area contributed by atoms with Crippen LogP contribution in [0.4, 0.5) is 5.69 Å². The molecular weight excluding hydrogens is 258 g/mol. The van der Waals surface area contributed by atoms with E-state index in [0.717, 1.165) is 23.5 Å². The molecule has 1 atom stereocenters. The first kappa shape index (κ1) is 15.6. The summed E-state index contributed by atoms with van der Waals surface area (Å²) < 4.78 is 0. The average Bonchev–Trinajstić information content (AvgIpc) is 3.29. The first-order chi connectivity index (χ1) is 10.1. The maximum absolute atomic E-state index is 11.4. The first-order valence-corrected chi connectivity index (χ1v) is 7.64. The number of rotatable bonds is 7. The normalized spacial score (nSPS) is 18.7. The monoisotopic (exact) mass is 283 g/mol. The molecule has 2 nitrogen and oxygen atoms in total. The molecule has 2 heteroatoms. The van der Waals surface area contributed by atoms with Crippen LogP contribution in [0.3, 0.4) is 0 Å². The molecule has 1 fully saturated rings. The molecule has 1 unspecified atom stereocenters. The van der Waals surface area contributed by atoms with E-state index in [1.54, 1.807) is 6.08 Å². The van der Waals surface area contributed by atoms with E-state index in [4.69, 9.17) is 5.73 Å². The third-order valence-corrected chi connectivity index (χ3v) is 4.10. The number of hydrogen-bond donors (Lipinski definition) is 2. The summed E-state index contributed by atoms with van der Waals surface area (Å²) in [6.45, 7) is 5.72. The second-order valence-corrected chi connectivity index (χ2v) is 5.83. The SMILES string of the molecule is C=CC=C(C=CC)C(O)(CCC1CC1)c1cccc(N)c1. The highest BCUT2D eigenvalue weighted by molar-refractivity contribution is 5.47. The molecule has 112 valence electrons. The Morgan fingerprint density at radius 3 is 2.81 bits per heavy atom. The third-order valence-electron chi connectivity index (χ3n) is 4.10. The van der Waals surface area contributed by atoms with E-state index in [1.165, 1.54) is 12.8 Å². The zero-order valence-corrected chi connectivity index (χ0v) is 12.8. The lowest BCUT2D eigenvalue weighted by Crippen LogP contribution is -2.28. The van der Waals surface area contributed by atoms with E-state index in [1.807, 2.05) is 49.4 Å². The minimum atomic E-state index is -1.00. The van der Waals surface area contributed by atoms with Gasteiger partial charge < -0.3 is 10.8 Å². The Balaban J connectivity index is 2.40. The molecule has 0 aromatic heterocycles. The van der Waals surface area contributed by atoms with Crippen LogP contribution in [0.25, 0.3) is 0 Å². The van der Waals surface area contributed by atoms with Crippen molar-refractivity contribution < 1.29 is 5.11 Å². The van der Waals surface area contributed by atoms with Gasteiger partial charge in [0.15, 0.2) is 0 Å². The van der Waals surface area contributed by atoms with Crippen LogP contribution in [0, 0.1) is 5.92 Å². The minimum Gasteiger partial charge on any atom is -0.399 e. The number of hydrogen-bond acceptors (Lipinski definition) is 2. The zero-order chi connectivity index (χ0) is 15.3. The number of allylic oxidation sites excluding steroid dienone is 3. The van der Waals surface area contributed by atoms with Crippen molar-refractivity contribution in [3.63, 3.8) is 0 Å². The standard InChI is InChI=1S/C19H25NO/c1-3-6-16(7-4-2)19(21,13-12-15-10-11-15)17-8-5-9-18(20)14-17/h3-9,14-15,21H,1,10-13,20H2,2H3. The number of nitrogens with two attached hydrogens (primary N) is 1. The Bertz CT molecular complexity index is 554. The molecule has 1 aliphatic carbocycles. The molecule has 0 heterocycles. The molecule has 1 aromatic carbocycles. The van der Waals surface area contributed by atoms with Gasteiger partial charge in [-0.15, -0.1) is 0 Å². The first-order valence-electron chi connectivity index (χ1n) is 7.64. The van der Waals surface area contributed by atoms with Gasteiger partial charge in [0.05, 0.1) is 0 Å². The predicted octanol–water partition coefficient (Wildman–Crippen LogP) is 4.34. The molecule has 0 radical (unpaired) electrons. The van der Waals surface area contributed by atoms with Crippen LogP contribution in [0.2, 0.25) is 0 Å². The van der Waals surface area contributed by atoms with Crippen molar-refractivity contribution in [2.24, 2.45) is 5.92 Å². The molecule has 1 saturated carbocycles. The summed E-state index contributed by atoms with van der Waals surface area (Å²) in [6, 6.07) is 7.56. The van der Waals surface area contributed by atoms with Gasteiger partial charge in [0, 0.05) is 5.69 Å². The van der Waals surface area contributed by atoms with Gasteiger partial charge in [0.1, 0.15) is 5.60 Å². The fraction of sp³-hybridized carbons (Fsp3) is 0.368. The van der Waals surface area contributed by atoms with Gasteiger partial charge in [-0.25, -0.2) is 0 Å². The topological polar surface area (TPSA) is 46.2 Å². The maximum Gasteiger partial charge on any atom is 0.115 e. The van der Waals surface area contributed by atoms with Gasteiger partial charge in [0.2, 0.25) is 0 Å². The lowest BCUT2D eigenvalue weighted by Gasteiger charge is -2.31. The molecule has 21 heavy (non-hydrogen) atoms. The molecule has 0 aliphatic heterocycles. The van der Waals surface area contributed by atoms with E-state index >= 15 is 0 Å². The molecule has 0 spiro atoms. The van der Waals surface area contributed by atoms with Crippen molar-refractivity contribution in [3.05, 3.63) is 66.3 Å². The van der Waals surface area contributed by atoms with E-state index in [-0.39, 0.29) is 0 Å². The van der Waals surface area contributed by atoms with Crippen LogP contribution in [0.5, 0.6) is 0 Å². The molecule has 2 rings (SSSR count). The van der Waals surface area contributed by atoms with Crippen LogP contribution < -0.4 is 5.73 Å². The number of aliphatic hydroxyl groups is 1. The molecule has 0 amide bonds. The van der Waals surface area contributed by atoms with Crippen molar-refractivity contribution in [2.45, 2.75) is 38.2 Å². The minimum absolute atomic E-state index is 0.677. The van der Waals surface area contributed by atoms with Gasteiger partial charge in [-0.2, -0.15) is 0 Å². The third kappa shape index (κ3) is 3.85. The Morgan fingerprint density at radius 2 is 2.24 bits per heavy atom. The summed E-state index contributed by atoms with van der Waals surface area (Å²) >= 11 is 0. The van der Waals surface area contributed by atoms with Crippen molar-refractivity contribution in [3.8, 4) is 0 Å². The highest BCUT2D eigenvalue weighted by atomic mass is 16.3. The molecule has 0 bridgehead atoms. The van der Waals surface area contributed by atoms with E-state index in [9.17, 15) is 5.11 Å². The summed E-state index contributed by atoms with van der Waals surface area (Å²) in [6.07, 6.45) is 11.8. The predicted molar refractivity (Wildman–Crippen MR) is 89.8 cm³/mol. The second kappa shape index (κ2) is 6.77. The van der Waals surface area contributed by atoms with Crippen molar-refractivity contribution in [2.75, 3.05) is 5.73 Å². The van der Waals surface area contributed by atoms with Gasteiger partial charge >= 0.3 is 0 Å². The molecule has 0 saturated heterocycles. The van der Waals surface area contributed by atoms with E-state index in [0.29, 0.717) is 12.1 Å². The molecule has 1 aromatic rings. The Labute approximate surface area is 127 Å². The summed E-state index contributed by atoms with van der Waals surface area (Å²) in [7, 11) is 0. The Morgan fingerprint density at radius 1 is 1.48 bits per heavy atom. The maximum atomic E-state index is 11.4. The summed E-state index contributed by atoms with van der Waals surface area (Å²) in [5.74, 6) is 0.771. The molecular formula is C19H25NO. The van der Waals surface area contributed by atoms with Crippen LogP contribution >= 0.6 is 0 Å². The van der Waals surface area contributed by atoms with Crippen molar-refractivity contribution >= 4 is 5.69 Å². The largest absolute Gasteiger partial charge is 0.399 e. The fourth-order valence-corrected chi connectivity index (χ4v) is 2.71. The summed E-state index contributed by atoms with van der Waals surface area (Å²) in [5.41, 5.74) is 7.30. The van der Waals surface area contributed by atoms with Gasteiger partial charge in [-0.3, -0.25) is 0 Å². The van der Waals surface area contributed by atoms with Crippen LogP contribution in [-0.2, 0) is 5.60 Å². The van der Waals surface area contributed by atoms with Crippen LogP contribution in [0.1, 0.15) is 38.2 Å². The smallest absolute Gasteiger partial charge is 0.115 e. The lowest BCUT2D eigenvalue weighted by molar-refractivity contribution is 0.0663. The van der Waals surface area contributed by atoms with E-state index in [2.05, 4.69) is 6.58 Å². The lowest BCUT2D eigenvalue weighted by atomic mass is 9.81. The number of anilines is 1. The summed E-state index contributed by atoms with van der Waals surface area (Å²) in [4.78, 5) is 0. The van der Waals surface area contributed by atoms with Crippen molar-refractivity contribution in [1.29, 1.82) is 0 Å². The fourth-order valence-electron chi connectivity index (χ4n) is 2.71. The highest BCUT2D eigenvalue weighted by Crippen LogP contribution is 2.41. The second-order valence-electron chi connectivity index (χ2n) is 5.83. The quantitative estimate of drug-likeness (QED) is 0.578. The zero-order valence-electron chi connectivity index (χ0n) is 12.8. The number of nitrogen functional groups attached to an aromatic ring is 1. The van der Waals surface area contributed by atoms with E-state index < -0.39 is 5.60 Å². The van der Waals surface area contributed by atoms with Crippen LogP contribution in [-0.4, -0.2) is 5.11 Å². The highest BCUT2D eigenvalue weighted by Gasteiger charge is 2.34. The summed E-state index contributed by atoms with van der Waals surface area (Å²) in [5, 5.41) is 11.4. The Kier molecular flexibility index (Phi) is 5.03. The molecule has 3 N–H and O–H groups in total. The molecule has 1 aliphatic rings. The Hall–Kier alpha value is -1.80.